The molecular weight excluding hydrogens is 310 g/mol. The molecule has 116 valence electrons. The number of nitrogens with one attached hydrogen (secondary N) is 1. The first-order valence-corrected chi connectivity index (χ1v) is 7.01. The minimum Gasteiger partial charge on any atom is -0.374 e. The lowest BCUT2D eigenvalue weighted by Gasteiger charge is -2.18. The third-order valence-electron chi connectivity index (χ3n) is 3.12. The van der Waals surface area contributed by atoms with Crippen molar-refractivity contribution in [2.75, 3.05) is 18.9 Å². The van der Waals surface area contributed by atoms with E-state index in [9.17, 15) is 13.6 Å². The zero-order chi connectivity index (χ0) is 16.1. The van der Waals surface area contributed by atoms with Crippen LogP contribution in [0.15, 0.2) is 42.5 Å². The minimum atomic E-state index is -0.474. The van der Waals surface area contributed by atoms with Gasteiger partial charge in [-0.2, -0.15) is 0 Å². The molecule has 2 aromatic carbocycles. The molecule has 0 unspecified atom stereocenters. The molecule has 0 spiro atoms. The van der Waals surface area contributed by atoms with E-state index in [0.29, 0.717) is 11.6 Å². The van der Waals surface area contributed by atoms with Crippen LogP contribution < -0.4 is 5.32 Å². The number of amides is 1. The summed E-state index contributed by atoms with van der Waals surface area (Å²) >= 11 is 5.78. The summed E-state index contributed by atoms with van der Waals surface area (Å²) in [4.78, 5) is 13.5. The largest absolute Gasteiger partial charge is 0.374 e. The molecule has 1 amide bonds. The van der Waals surface area contributed by atoms with Gasteiger partial charge in [0.15, 0.2) is 0 Å². The predicted octanol–water partition coefficient (Wildman–Crippen LogP) is 3.69. The van der Waals surface area contributed by atoms with Crippen molar-refractivity contribution in [3.05, 3.63) is 64.7 Å². The van der Waals surface area contributed by atoms with Gasteiger partial charge in [0.25, 0.3) is 0 Å². The average molecular weight is 325 g/mol. The number of carbonyl (C=O) groups is 1. The first-order chi connectivity index (χ1) is 10.5. The van der Waals surface area contributed by atoms with Crippen LogP contribution in [0.1, 0.15) is 5.56 Å². The fourth-order valence-corrected chi connectivity index (χ4v) is 2.06. The Morgan fingerprint density at radius 2 is 1.86 bits per heavy atom. The lowest BCUT2D eigenvalue weighted by Crippen LogP contribution is -2.31. The maximum atomic E-state index is 13.5. The van der Waals surface area contributed by atoms with Crippen LogP contribution in [0.25, 0.3) is 0 Å². The normalized spacial score (nSPS) is 10.4. The van der Waals surface area contributed by atoms with Gasteiger partial charge in [0.05, 0.1) is 12.2 Å². The van der Waals surface area contributed by atoms with E-state index in [0.717, 1.165) is 5.56 Å². The molecule has 0 saturated carbocycles. The Morgan fingerprint density at radius 1 is 1.18 bits per heavy atom. The van der Waals surface area contributed by atoms with Crippen LogP contribution in [0.5, 0.6) is 0 Å². The van der Waals surface area contributed by atoms with Gasteiger partial charge in [0.2, 0.25) is 5.91 Å². The molecule has 0 radical (unpaired) electrons. The Labute approximate surface area is 132 Å². The second kappa shape index (κ2) is 7.22. The number of likely N-dealkylation sites (N-methyl/N-ethyl adjacent to an activating group) is 1. The quantitative estimate of drug-likeness (QED) is 0.909. The molecule has 1 N–H and O–H groups in total. The highest BCUT2D eigenvalue weighted by Gasteiger charge is 2.11. The Balaban J connectivity index is 1.91. The van der Waals surface area contributed by atoms with Crippen LogP contribution in [0.2, 0.25) is 5.02 Å². The molecule has 0 aliphatic carbocycles. The molecule has 22 heavy (non-hydrogen) atoms. The molecule has 0 fully saturated rings. The topological polar surface area (TPSA) is 32.3 Å². The molecule has 6 heteroatoms. The first kappa shape index (κ1) is 16.2. The molecule has 0 bridgehead atoms. The summed E-state index contributed by atoms with van der Waals surface area (Å²) in [6, 6.07) is 10.00. The monoisotopic (exact) mass is 324 g/mol. The van der Waals surface area contributed by atoms with Crippen LogP contribution in [0.3, 0.4) is 0 Å². The minimum absolute atomic E-state index is 0.0606. The van der Waals surface area contributed by atoms with Gasteiger partial charge in [-0.3, -0.25) is 4.79 Å². The number of anilines is 1. The van der Waals surface area contributed by atoms with Gasteiger partial charge in [-0.05, 0) is 35.9 Å². The van der Waals surface area contributed by atoms with Crippen molar-refractivity contribution >= 4 is 23.2 Å². The number of carbonyl (C=O) groups excluding carboxylic acids is 1. The highest BCUT2D eigenvalue weighted by atomic mass is 35.5. The first-order valence-electron chi connectivity index (χ1n) is 6.63. The van der Waals surface area contributed by atoms with E-state index in [1.807, 2.05) is 0 Å². The smallest absolute Gasteiger partial charge is 0.241 e. The van der Waals surface area contributed by atoms with Crippen LogP contribution in [0.4, 0.5) is 14.5 Å². The molecule has 0 heterocycles. The van der Waals surface area contributed by atoms with Crippen LogP contribution in [-0.4, -0.2) is 24.4 Å². The maximum absolute atomic E-state index is 13.5. The fraction of sp³-hybridized carbons (Fsp3) is 0.188. The summed E-state index contributed by atoms with van der Waals surface area (Å²) in [5, 5.41) is 3.10. The molecule has 2 rings (SSSR count). The maximum Gasteiger partial charge on any atom is 0.241 e. The summed E-state index contributed by atoms with van der Waals surface area (Å²) in [5.41, 5.74) is 0.988. The molecule has 0 aliphatic rings. The van der Waals surface area contributed by atoms with Gasteiger partial charge >= 0.3 is 0 Å². The lowest BCUT2D eigenvalue weighted by atomic mass is 10.2. The molecule has 2 aromatic rings. The second-order valence-corrected chi connectivity index (χ2v) is 5.29. The molecule has 0 aromatic heterocycles. The van der Waals surface area contributed by atoms with Crippen LogP contribution in [0, 0.1) is 11.6 Å². The van der Waals surface area contributed by atoms with Crippen molar-refractivity contribution in [1.29, 1.82) is 0 Å². The summed E-state index contributed by atoms with van der Waals surface area (Å²) in [7, 11) is 1.63. The molecular formula is C16H15ClF2N2O. The number of halogens is 3. The van der Waals surface area contributed by atoms with Crippen molar-refractivity contribution in [2.45, 2.75) is 6.54 Å². The Kier molecular flexibility index (Phi) is 5.33. The lowest BCUT2D eigenvalue weighted by molar-refractivity contribution is -0.128. The van der Waals surface area contributed by atoms with Crippen LogP contribution in [-0.2, 0) is 11.3 Å². The number of hydrogen-bond donors (Lipinski definition) is 1. The Hall–Kier alpha value is -2.14. The summed E-state index contributed by atoms with van der Waals surface area (Å²) < 4.78 is 26.3. The average Bonchev–Trinajstić information content (AvgIpc) is 2.50. The third kappa shape index (κ3) is 4.43. The van der Waals surface area contributed by atoms with Crippen molar-refractivity contribution < 1.29 is 13.6 Å². The van der Waals surface area contributed by atoms with Crippen molar-refractivity contribution in [3.63, 3.8) is 0 Å². The summed E-state index contributed by atoms with van der Waals surface area (Å²) in [5.74, 6) is -1.02. The van der Waals surface area contributed by atoms with E-state index in [2.05, 4.69) is 5.32 Å². The summed E-state index contributed by atoms with van der Waals surface area (Å²) in [6.07, 6.45) is 0. The highest BCUT2D eigenvalue weighted by Crippen LogP contribution is 2.19. The van der Waals surface area contributed by atoms with Crippen molar-refractivity contribution in [3.8, 4) is 0 Å². The van der Waals surface area contributed by atoms with Gasteiger partial charge in [-0.1, -0.05) is 23.7 Å². The van der Waals surface area contributed by atoms with E-state index in [1.54, 1.807) is 19.2 Å². The zero-order valence-corrected chi connectivity index (χ0v) is 12.7. The summed E-state index contributed by atoms with van der Waals surface area (Å²) in [6.45, 7) is 0.285. The van der Waals surface area contributed by atoms with Crippen LogP contribution >= 0.6 is 11.6 Å². The SMILES string of the molecule is CN(Cc1ccc(F)cc1)C(=O)CNc1cc(Cl)ccc1F. The molecule has 3 nitrogen and oxygen atoms in total. The number of nitrogens with zero attached hydrogens (tertiary/aromatic N) is 1. The van der Waals surface area contributed by atoms with E-state index >= 15 is 0 Å². The van der Waals surface area contributed by atoms with Gasteiger partial charge in [0, 0.05) is 18.6 Å². The van der Waals surface area contributed by atoms with Gasteiger partial charge < -0.3 is 10.2 Å². The predicted molar refractivity (Wildman–Crippen MR) is 82.8 cm³/mol. The zero-order valence-electron chi connectivity index (χ0n) is 11.9. The van der Waals surface area contributed by atoms with E-state index in [-0.39, 0.29) is 24.0 Å². The Morgan fingerprint density at radius 3 is 2.55 bits per heavy atom. The standard InChI is InChI=1S/C16H15ClF2N2O/c1-21(10-11-2-5-13(18)6-3-11)16(22)9-20-15-8-12(17)4-7-14(15)19/h2-8,20H,9-10H2,1H3. The Bertz CT molecular complexity index is 662. The van der Waals surface area contributed by atoms with Crippen molar-refractivity contribution in [1.82, 2.24) is 4.90 Å². The third-order valence-corrected chi connectivity index (χ3v) is 3.35. The number of rotatable bonds is 5. The molecule has 0 atom stereocenters. The van der Waals surface area contributed by atoms with Gasteiger partial charge in [0.1, 0.15) is 11.6 Å². The fourth-order valence-electron chi connectivity index (χ4n) is 1.89. The number of hydrogen-bond acceptors (Lipinski definition) is 2. The number of benzene rings is 2. The van der Waals surface area contributed by atoms with E-state index in [4.69, 9.17) is 11.6 Å². The van der Waals surface area contributed by atoms with Crippen molar-refractivity contribution in [2.24, 2.45) is 0 Å². The molecule has 0 aliphatic heterocycles. The van der Waals surface area contributed by atoms with E-state index in [1.165, 1.54) is 35.2 Å². The van der Waals surface area contributed by atoms with Gasteiger partial charge in [-0.25, -0.2) is 8.78 Å². The highest BCUT2D eigenvalue weighted by molar-refractivity contribution is 6.30. The van der Waals surface area contributed by atoms with E-state index < -0.39 is 5.82 Å². The second-order valence-electron chi connectivity index (χ2n) is 4.85. The molecule has 0 saturated heterocycles. The van der Waals surface area contributed by atoms with Gasteiger partial charge in [-0.15, -0.1) is 0 Å².